The van der Waals surface area contributed by atoms with Gasteiger partial charge in [0, 0.05) is 19.7 Å². The van der Waals surface area contributed by atoms with Crippen molar-refractivity contribution in [1.29, 1.82) is 0 Å². The van der Waals surface area contributed by atoms with Crippen LogP contribution in [0.3, 0.4) is 0 Å². The third kappa shape index (κ3) is 3.37. The van der Waals surface area contributed by atoms with E-state index in [9.17, 15) is 14.7 Å². The number of ether oxygens (including phenoxy) is 1. The summed E-state index contributed by atoms with van der Waals surface area (Å²) in [7, 11) is 0. The van der Waals surface area contributed by atoms with Gasteiger partial charge >= 0.3 is 12.0 Å². The zero-order valence-electron chi connectivity index (χ0n) is 11.3. The van der Waals surface area contributed by atoms with Gasteiger partial charge in [0.2, 0.25) is 0 Å². The SMILES string of the molecule is CC1CCCN(C(=O)NCC2CCCO2)C1C(=O)O. The van der Waals surface area contributed by atoms with Crippen molar-refractivity contribution in [3.05, 3.63) is 0 Å². The fourth-order valence-corrected chi connectivity index (χ4v) is 2.90. The zero-order chi connectivity index (χ0) is 13.8. The Balaban J connectivity index is 1.89. The Kier molecular flexibility index (Phi) is 4.63. The lowest BCUT2D eigenvalue weighted by molar-refractivity contribution is -0.145. The number of urea groups is 1. The number of rotatable bonds is 3. The minimum atomic E-state index is -0.917. The van der Waals surface area contributed by atoms with E-state index in [-0.39, 0.29) is 18.1 Å². The highest BCUT2D eigenvalue weighted by molar-refractivity contribution is 5.83. The van der Waals surface area contributed by atoms with Crippen LogP contribution in [0.1, 0.15) is 32.6 Å². The van der Waals surface area contributed by atoms with Gasteiger partial charge in [-0.1, -0.05) is 6.92 Å². The molecule has 6 heteroatoms. The van der Waals surface area contributed by atoms with E-state index in [1.165, 1.54) is 4.90 Å². The second-order valence-electron chi connectivity index (χ2n) is 5.42. The Hall–Kier alpha value is -1.30. The van der Waals surface area contributed by atoms with Crippen LogP contribution in [0, 0.1) is 5.92 Å². The lowest BCUT2D eigenvalue weighted by Crippen LogP contribution is -2.55. The fraction of sp³-hybridized carbons (Fsp3) is 0.846. The van der Waals surface area contributed by atoms with Crippen LogP contribution < -0.4 is 5.32 Å². The molecule has 0 aromatic heterocycles. The van der Waals surface area contributed by atoms with Gasteiger partial charge in [-0.2, -0.15) is 0 Å². The van der Waals surface area contributed by atoms with Gasteiger partial charge in [0.1, 0.15) is 6.04 Å². The first kappa shape index (κ1) is 14.1. The summed E-state index contributed by atoms with van der Waals surface area (Å²) >= 11 is 0. The van der Waals surface area contributed by atoms with Crippen LogP contribution in [0.25, 0.3) is 0 Å². The number of amides is 2. The van der Waals surface area contributed by atoms with Crippen LogP contribution in [0.4, 0.5) is 4.79 Å². The lowest BCUT2D eigenvalue weighted by Gasteiger charge is -2.37. The predicted octanol–water partition coefficient (Wildman–Crippen LogP) is 1.06. The molecule has 2 aliphatic heterocycles. The Morgan fingerprint density at radius 3 is 2.79 bits per heavy atom. The highest BCUT2D eigenvalue weighted by Crippen LogP contribution is 2.23. The number of nitrogens with zero attached hydrogens (tertiary/aromatic N) is 1. The van der Waals surface area contributed by atoms with Crippen LogP contribution >= 0.6 is 0 Å². The first-order valence-corrected chi connectivity index (χ1v) is 6.98. The van der Waals surface area contributed by atoms with E-state index < -0.39 is 12.0 Å². The molecule has 2 N–H and O–H groups in total. The molecule has 3 atom stereocenters. The van der Waals surface area contributed by atoms with Crippen LogP contribution in [0.15, 0.2) is 0 Å². The number of carbonyl (C=O) groups is 2. The van der Waals surface area contributed by atoms with Crippen LogP contribution in [-0.2, 0) is 9.53 Å². The summed E-state index contributed by atoms with van der Waals surface area (Å²) in [6.07, 6.45) is 3.78. The maximum absolute atomic E-state index is 12.1. The standard InChI is InChI=1S/C13H22N2O4/c1-9-4-2-6-15(11(9)12(16)17)13(18)14-8-10-5-3-7-19-10/h9-11H,2-8H2,1H3,(H,14,18)(H,16,17). The summed E-state index contributed by atoms with van der Waals surface area (Å²) in [5.41, 5.74) is 0. The average molecular weight is 270 g/mol. The molecule has 0 radical (unpaired) electrons. The van der Waals surface area contributed by atoms with E-state index in [4.69, 9.17) is 4.74 Å². The monoisotopic (exact) mass is 270 g/mol. The second-order valence-corrected chi connectivity index (χ2v) is 5.42. The highest BCUT2D eigenvalue weighted by atomic mass is 16.5. The Bertz CT molecular complexity index is 342. The molecule has 0 saturated carbocycles. The third-order valence-corrected chi connectivity index (χ3v) is 3.95. The number of nitrogens with one attached hydrogen (secondary N) is 1. The summed E-state index contributed by atoms with van der Waals surface area (Å²) in [4.78, 5) is 24.9. The number of carboxylic acid groups (broad SMARTS) is 1. The maximum Gasteiger partial charge on any atom is 0.326 e. The predicted molar refractivity (Wildman–Crippen MR) is 68.9 cm³/mol. The molecule has 2 fully saturated rings. The number of likely N-dealkylation sites (tertiary alicyclic amines) is 1. The van der Waals surface area contributed by atoms with Crippen molar-refractivity contribution in [1.82, 2.24) is 10.2 Å². The normalized spacial score (nSPS) is 31.2. The Labute approximate surface area is 113 Å². The molecule has 2 heterocycles. The summed E-state index contributed by atoms with van der Waals surface area (Å²) < 4.78 is 5.44. The quantitative estimate of drug-likeness (QED) is 0.803. The molecule has 2 saturated heterocycles. The first-order valence-electron chi connectivity index (χ1n) is 6.98. The third-order valence-electron chi connectivity index (χ3n) is 3.95. The number of carbonyl (C=O) groups excluding carboxylic acids is 1. The minimum absolute atomic E-state index is 0.000249. The largest absolute Gasteiger partial charge is 0.480 e. The molecular weight excluding hydrogens is 248 g/mol. The molecule has 108 valence electrons. The molecule has 2 aliphatic rings. The van der Waals surface area contributed by atoms with E-state index in [0.717, 1.165) is 32.3 Å². The average Bonchev–Trinajstić information content (AvgIpc) is 2.88. The van der Waals surface area contributed by atoms with Crippen molar-refractivity contribution >= 4 is 12.0 Å². The molecule has 3 unspecified atom stereocenters. The Morgan fingerprint density at radius 1 is 1.37 bits per heavy atom. The molecule has 0 bridgehead atoms. The number of hydrogen-bond acceptors (Lipinski definition) is 3. The summed E-state index contributed by atoms with van der Waals surface area (Å²) in [5.74, 6) is -0.917. The fourth-order valence-electron chi connectivity index (χ4n) is 2.90. The Morgan fingerprint density at radius 2 is 2.16 bits per heavy atom. The van der Waals surface area contributed by atoms with Gasteiger partial charge in [-0.3, -0.25) is 0 Å². The van der Waals surface area contributed by atoms with Gasteiger partial charge < -0.3 is 20.1 Å². The smallest absolute Gasteiger partial charge is 0.326 e. The molecule has 0 spiro atoms. The van der Waals surface area contributed by atoms with Crippen LogP contribution in [-0.4, -0.2) is 53.8 Å². The molecule has 0 aromatic carbocycles. The van der Waals surface area contributed by atoms with Crippen molar-refractivity contribution in [3.8, 4) is 0 Å². The number of carboxylic acids is 1. The van der Waals surface area contributed by atoms with Crippen molar-refractivity contribution in [3.63, 3.8) is 0 Å². The van der Waals surface area contributed by atoms with Crippen molar-refractivity contribution in [2.45, 2.75) is 44.8 Å². The van der Waals surface area contributed by atoms with Crippen LogP contribution in [0.2, 0.25) is 0 Å². The number of aliphatic carboxylic acids is 1. The summed E-state index contributed by atoms with van der Waals surface area (Å²) in [6.45, 7) is 3.62. The number of piperidine rings is 1. The van der Waals surface area contributed by atoms with Gasteiger partial charge in [0.25, 0.3) is 0 Å². The van der Waals surface area contributed by atoms with Gasteiger partial charge in [-0.05, 0) is 31.6 Å². The molecule has 2 rings (SSSR count). The van der Waals surface area contributed by atoms with Crippen molar-refractivity contribution in [2.24, 2.45) is 5.92 Å². The summed E-state index contributed by atoms with van der Waals surface area (Å²) in [6, 6.07) is -0.993. The molecule has 0 aromatic rings. The van der Waals surface area contributed by atoms with E-state index in [1.54, 1.807) is 0 Å². The molecule has 19 heavy (non-hydrogen) atoms. The second kappa shape index (κ2) is 6.23. The van der Waals surface area contributed by atoms with E-state index >= 15 is 0 Å². The molecule has 0 aliphatic carbocycles. The lowest BCUT2D eigenvalue weighted by atomic mass is 9.91. The van der Waals surface area contributed by atoms with Gasteiger partial charge in [-0.25, -0.2) is 9.59 Å². The van der Waals surface area contributed by atoms with E-state index in [1.807, 2.05) is 6.92 Å². The van der Waals surface area contributed by atoms with E-state index in [2.05, 4.69) is 5.32 Å². The van der Waals surface area contributed by atoms with E-state index in [0.29, 0.717) is 13.1 Å². The molecular formula is C13H22N2O4. The maximum atomic E-state index is 12.1. The zero-order valence-corrected chi connectivity index (χ0v) is 11.3. The number of hydrogen-bond donors (Lipinski definition) is 2. The van der Waals surface area contributed by atoms with Gasteiger partial charge in [0.15, 0.2) is 0 Å². The minimum Gasteiger partial charge on any atom is -0.480 e. The molecule has 2 amide bonds. The molecule has 6 nitrogen and oxygen atoms in total. The van der Waals surface area contributed by atoms with Crippen molar-refractivity contribution < 1.29 is 19.4 Å². The van der Waals surface area contributed by atoms with Gasteiger partial charge in [0.05, 0.1) is 6.10 Å². The van der Waals surface area contributed by atoms with Crippen LogP contribution in [0.5, 0.6) is 0 Å². The van der Waals surface area contributed by atoms with Crippen molar-refractivity contribution in [2.75, 3.05) is 19.7 Å². The van der Waals surface area contributed by atoms with Gasteiger partial charge in [-0.15, -0.1) is 0 Å². The topological polar surface area (TPSA) is 78.9 Å². The summed E-state index contributed by atoms with van der Waals surface area (Å²) in [5, 5.41) is 12.1. The highest BCUT2D eigenvalue weighted by Gasteiger charge is 2.37. The first-order chi connectivity index (χ1) is 9.09.